The summed E-state index contributed by atoms with van der Waals surface area (Å²) in [6.45, 7) is 4.48. The second-order valence-electron chi connectivity index (χ2n) is 7.89. The monoisotopic (exact) mass is 449 g/mol. The second kappa shape index (κ2) is 9.04. The van der Waals surface area contributed by atoms with Crippen LogP contribution < -0.4 is 0 Å². The molecule has 0 saturated carbocycles. The minimum absolute atomic E-state index is 0.0373. The fourth-order valence-corrected chi connectivity index (χ4v) is 5.57. The maximum absolute atomic E-state index is 13.9. The molecule has 2 aliphatic rings. The van der Waals surface area contributed by atoms with Crippen molar-refractivity contribution >= 4 is 34.8 Å². The summed E-state index contributed by atoms with van der Waals surface area (Å²) in [6.07, 6.45) is 0.889. The van der Waals surface area contributed by atoms with Crippen molar-refractivity contribution < 1.29 is 14.0 Å². The minimum Gasteiger partial charge on any atom is -0.338 e. The summed E-state index contributed by atoms with van der Waals surface area (Å²) in [5.41, 5.74) is 2.03. The summed E-state index contributed by atoms with van der Waals surface area (Å²) in [5.74, 6) is -0.358. The van der Waals surface area contributed by atoms with Gasteiger partial charge >= 0.3 is 0 Å². The lowest BCUT2D eigenvalue weighted by molar-refractivity contribution is -0.142. The molecule has 5 nitrogen and oxygen atoms in total. The molecule has 0 spiro atoms. The SMILES string of the molecule is C[C@@H]1CN(C(=O)CN2CCc3sccc3[C@H]2c2cccc(F)c2)CCN1C(=O)CCl. The van der Waals surface area contributed by atoms with Crippen molar-refractivity contribution in [3.8, 4) is 0 Å². The Morgan fingerprint density at radius 1 is 1.20 bits per heavy atom. The van der Waals surface area contributed by atoms with Crippen LogP contribution in [0.15, 0.2) is 35.7 Å². The van der Waals surface area contributed by atoms with Gasteiger partial charge in [0, 0.05) is 37.1 Å². The van der Waals surface area contributed by atoms with Crippen molar-refractivity contribution in [3.05, 3.63) is 57.5 Å². The Morgan fingerprint density at radius 2 is 2.03 bits per heavy atom. The number of fused-ring (bicyclic) bond motifs is 1. The van der Waals surface area contributed by atoms with Crippen LogP contribution in [0.3, 0.4) is 0 Å². The lowest BCUT2D eigenvalue weighted by atomic mass is 9.93. The molecule has 2 amide bonds. The fourth-order valence-electron chi connectivity index (χ4n) is 4.51. The van der Waals surface area contributed by atoms with E-state index in [1.165, 1.54) is 10.9 Å². The lowest BCUT2D eigenvalue weighted by Gasteiger charge is -2.41. The smallest absolute Gasteiger partial charge is 0.237 e. The molecule has 0 bridgehead atoms. The van der Waals surface area contributed by atoms with Gasteiger partial charge in [-0.15, -0.1) is 22.9 Å². The van der Waals surface area contributed by atoms with Crippen LogP contribution in [-0.2, 0) is 16.0 Å². The number of amides is 2. The molecule has 0 aliphatic carbocycles. The number of carbonyl (C=O) groups excluding carboxylic acids is 2. The van der Waals surface area contributed by atoms with Crippen LogP contribution in [-0.4, -0.2) is 71.2 Å². The fraction of sp³-hybridized carbons (Fsp3) is 0.455. The molecule has 1 saturated heterocycles. The Labute approximate surface area is 185 Å². The molecule has 0 N–H and O–H groups in total. The number of benzene rings is 1. The van der Waals surface area contributed by atoms with E-state index in [-0.39, 0.29) is 42.1 Å². The summed E-state index contributed by atoms with van der Waals surface area (Å²) in [5, 5.41) is 2.07. The van der Waals surface area contributed by atoms with Gasteiger partial charge in [-0.1, -0.05) is 12.1 Å². The molecule has 0 unspecified atom stereocenters. The summed E-state index contributed by atoms with van der Waals surface area (Å²) >= 11 is 7.41. The van der Waals surface area contributed by atoms with Gasteiger partial charge in [-0.05, 0) is 48.1 Å². The molecule has 2 atom stereocenters. The minimum atomic E-state index is -0.268. The van der Waals surface area contributed by atoms with E-state index in [2.05, 4.69) is 16.3 Å². The summed E-state index contributed by atoms with van der Waals surface area (Å²) < 4.78 is 13.9. The molecular formula is C22H25ClFN3O2S. The Morgan fingerprint density at radius 3 is 2.77 bits per heavy atom. The number of carbonyl (C=O) groups is 2. The molecule has 30 heavy (non-hydrogen) atoms. The van der Waals surface area contributed by atoms with Gasteiger partial charge in [0.2, 0.25) is 11.8 Å². The standard InChI is InChI=1S/C22H25ClFN3O2S/c1-15-13-25(8-9-27(15)20(28)12-23)21(29)14-26-7-5-19-18(6-10-30-19)22(26)16-3-2-4-17(24)11-16/h2-4,6,10-11,15,22H,5,7-9,12-14H2,1H3/t15-,22-/m1/s1. The molecule has 2 aromatic rings. The van der Waals surface area contributed by atoms with Gasteiger partial charge in [0.1, 0.15) is 11.7 Å². The van der Waals surface area contributed by atoms with E-state index in [9.17, 15) is 14.0 Å². The highest BCUT2D eigenvalue weighted by atomic mass is 35.5. The van der Waals surface area contributed by atoms with E-state index < -0.39 is 0 Å². The topological polar surface area (TPSA) is 43.9 Å². The Hall–Kier alpha value is -1.96. The third kappa shape index (κ3) is 4.24. The van der Waals surface area contributed by atoms with Gasteiger partial charge in [-0.2, -0.15) is 0 Å². The molecule has 4 rings (SSSR count). The van der Waals surface area contributed by atoms with Gasteiger partial charge in [0.15, 0.2) is 0 Å². The summed E-state index contributed by atoms with van der Waals surface area (Å²) in [7, 11) is 0. The van der Waals surface area contributed by atoms with E-state index in [4.69, 9.17) is 11.6 Å². The zero-order valence-electron chi connectivity index (χ0n) is 16.9. The average molecular weight is 450 g/mol. The van der Waals surface area contributed by atoms with Crippen molar-refractivity contribution in [1.82, 2.24) is 14.7 Å². The van der Waals surface area contributed by atoms with E-state index in [0.717, 1.165) is 24.1 Å². The van der Waals surface area contributed by atoms with Crippen LogP contribution in [0.4, 0.5) is 4.39 Å². The Balaban J connectivity index is 1.50. The van der Waals surface area contributed by atoms with Gasteiger partial charge in [0.05, 0.1) is 12.6 Å². The van der Waals surface area contributed by atoms with Gasteiger partial charge in [-0.3, -0.25) is 14.5 Å². The van der Waals surface area contributed by atoms with Crippen LogP contribution >= 0.6 is 22.9 Å². The quantitative estimate of drug-likeness (QED) is 0.673. The lowest BCUT2D eigenvalue weighted by Crippen LogP contribution is -2.57. The first kappa shape index (κ1) is 21.3. The normalized spacial score (nSPS) is 22.1. The molecule has 0 radical (unpaired) electrons. The molecular weight excluding hydrogens is 425 g/mol. The van der Waals surface area contributed by atoms with E-state index in [1.807, 2.05) is 17.9 Å². The largest absolute Gasteiger partial charge is 0.338 e. The van der Waals surface area contributed by atoms with E-state index in [0.29, 0.717) is 19.6 Å². The zero-order chi connectivity index (χ0) is 21.3. The number of alkyl halides is 1. The van der Waals surface area contributed by atoms with Gasteiger partial charge in [-0.25, -0.2) is 4.39 Å². The maximum Gasteiger partial charge on any atom is 0.237 e. The van der Waals surface area contributed by atoms with Crippen molar-refractivity contribution in [2.75, 3.05) is 38.6 Å². The molecule has 1 aromatic carbocycles. The second-order valence-corrected chi connectivity index (χ2v) is 9.15. The molecule has 8 heteroatoms. The van der Waals surface area contributed by atoms with Crippen molar-refractivity contribution in [2.24, 2.45) is 0 Å². The van der Waals surface area contributed by atoms with Crippen molar-refractivity contribution in [2.45, 2.75) is 25.4 Å². The van der Waals surface area contributed by atoms with Gasteiger partial charge < -0.3 is 9.80 Å². The number of hydrogen-bond donors (Lipinski definition) is 0. The van der Waals surface area contributed by atoms with Crippen LogP contribution in [0.5, 0.6) is 0 Å². The predicted octanol–water partition coefficient (Wildman–Crippen LogP) is 3.13. The van der Waals surface area contributed by atoms with Crippen LogP contribution in [0.25, 0.3) is 0 Å². The maximum atomic E-state index is 13.9. The highest BCUT2D eigenvalue weighted by molar-refractivity contribution is 7.10. The van der Waals surface area contributed by atoms with Crippen LogP contribution in [0, 0.1) is 5.82 Å². The Bertz CT molecular complexity index is 937. The number of hydrogen-bond acceptors (Lipinski definition) is 4. The molecule has 160 valence electrons. The van der Waals surface area contributed by atoms with E-state index in [1.54, 1.807) is 28.4 Å². The van der Waals surface area contributed by atoms with E-state index >= 15 is 0 Å². The first-order valence-corrected chi connectivity index (χ1v) is 11.6. The zero-order valence-corrected chi connectivity index (χ0v) is 18.5. The third-order valence-electron chi connectivity index (χ3n) is 5.98. The first-order valence-electron chi connectivity index (χ1n) is 10.2. The summed E-state index contributed by atoms with van der Waals surface area (Å²) in [6, 6.07) is 8.56. The first-order chi connectivity index (χ1) is 14.5. The van der Waals surface area contributed by atoms with Crippen molar-refractivity contribution in [1.29, 1.82) is 0 Å². The molecule has 2 aliphatic heterocycles. The third-order valence-corrected chi connectivity index (χ3v) is 7.21. The molecule has 3 heterocycles. The number of halogens is 2. The molecule has 1 fully saturated rings. The van der Waals surface area contributed by atoms with Crippen molar-refractivity contribution in [3.63, 3.8) is 0 Å². The van der Waals surface area contributed by atoms with Gasteiger partial charge in [0.25, 0.3) is 0 Å². The number of rotatable bonds is 4. The number of nitrogens with zero attached hydrogens (tertiary/aromatic N) is 3. The van der Waals surface area contributed by atoms with Crippen LogP contribution in [0.2, 0.25) is 0 Å². The predicted molar refractivity (Wildman–Crippen MR) is 116 cm³/mol. The highest BCUT2D eigenvalue weighted by Gasteiger charge is 2.34. The number of piperazine rings is 1. The molecule has 1 aromatic heterocycles. The number of thiophene rings is 1. The average Bonchev–Trinajstić information content (AvgIpc) is 3.21. The summed E-state index contributed by atoms with van der Waals surface area (Å²) in [4.78, 5) is 32.1. The Kier molecular flexibility index (Phi) is 6.41. The highest BCUT2D eigenvalue weighted by Crippen LogP contribution is 2.37. The van der Waals surface area contributed by atoms with Crippen LogP contribution in [0.1, 0.15) is 29.0 Å².